The smallest absolute Gasteiger partial charge is 0.0410 e. The lowest BCUT2D eigenvalue weighted by Gasteiger charge is -2.07. The molecule has 0 heterocycles. The number of hydrogen-bond donors (Lipinski definition) is 1. The first-order valence-corrected chi connectivity index (χ1v) is 6.61. The molecule has 0 bridgehead atoms. The first-order chi connectivity index (χ1) is 8.25. The van der Waals surface area contributed by atoms with Crippen LogP contribution >= 0.6 is 27.5 Å². The molecule has 0 fully saturated rings. The van der Waals surface area contributed by atoms with Crippen molar-refractivity contribution in [2.24, 2.45) is 0 Å². The number of benzene rings is 2. The van der Waals surface area contributed by atoms with Crippen molar-refractivity contribution >= 4 is 27.5 Å². The highest BCUT2D eigenvalue weighted by atomic mass is 79.9. The summed E-state index contributed by atoms with van der Waals surface area (Å²) >= 11 is 9.48. The van der Waals surface area contributed by atoms with E-state index in [-0.39, 0.29) is 0 Å². The van der Waals surface area contributed by atoms with Crippen molar-refractivity contribution in [3.63, 3.8) is 0 Å². The van der Waals surface area contributed by atoms with E-state index < -0.39 is 0 Å². The van der Waals surface area contributed by atoms with Gasteiger partial charge in [-0.05, 0) is 29.3 Å². The number of rotatable bonds is 4. The van der Waals surface area contributed by atoms with Crippen LogP contribution in [0.15, 0.2) is 53.0 Å². The Morgan fingerprint density at radius 2 is 1.76 bits per heavy atom. The fourth-order valence-electron chi connectivity index (χ4n) is 1.62. The molecule has 0 spiro atoms. The van der Waals surface area contributed by atoms with E-state index in [0.717, 1.165) is 22.6 Å². The molecule has 0 saturated carbocycles. The van der Waals surface area contributed by atoms with E-state index in [0.29, 0.717) is 0 Å². The summed E-state index contributed by atoms with van der Waals surface area (Å²) in [5.74, 6) is 0. The van der Waals surface area contributed by atoms with Gasteiger partial charge in [0.15, 0.2) is 0 Å². The molecule has 0 amide bonds. The minimum absolute atomic E-state index is 0.768. The van der Waals surface area contributed by atoms with Gasteiger partial charge in [-0.3, -0.25) is 0 Å². The van der Waals surface area contributed by atoms with Crippen LogP contribution in [0.3, 0.4) is 0 Å². The minimum Gasteiger partial charge on any atom is -0.309 e. The van der Waals surface area contributed by atoms with E-state index in [9.17, 15) is 0 Å². The predicted molar refractivity (Wildman–Crippen MR) is 76.1 cm³/mol. The molecule has 0 unspecified atom stereocenters. The Labute approximate surface area is 115 Å². The van der Waals surface area contributed by atoms with Gasteiger partial charge in [0.25, 0.3) is 0 Å². The quantitative estimate of drug-likeness (QED) is 0.883. The Hall–Kier alpha value is -0.830. The summed E-state index contributed by atoms with van der Waals surface area (Å²) in [7, 11) is 0. The molecule has 1 nitrogen and oxygen atoms in total. The normalized spacial score (nSPS) is 10.5. The Bertz CT molecular complexity index is 485. The molecule has 1 N–H and O–H groups in total. The topological polar surface area (TPSA) is 12.0 Å². The Morgan fingerprint density at radius 3 is 2.53 bits per heavy atom. The average molecular weight is 311 g/mol. The summed E-state index contributed by atoms with van der Waals surface area (Å²) in [6.07, 6.45) is 0. The van der Waals surface area contributed by atoms with Crippen LogP contribution < -0.4 is 5.32 Å². The van der Waals surface area contributed by atoms with Crippen LogP contribution in [-0.4, -0.2) is 0 Å². The lowest BCUT2D eigenvalue weighted by Crippen LogP contribution is -2.12. The summed E-state index contributed by atoms with van der Waals surface area (Å²) in [6.45, 7) is 1.66. The lowest BCUT2D eigenvalue weighted by atomic mass is 10.2. The second-order valence-electron chi connectivity index (χ2n) is 3.82. The van der Waals surface area contributed by atoms with Gasteiger partial charge in [0, 0.05) is 22.6 Å². The minimum atomic E-state index is 0.768. The fourth-order valence-corrected chi connectivity index (χ4v) is 2.20. The first-order valence-electron chi connectivity index (χ1n) is 5.44. The maximum Gasteiger partial charge on any atom is 0.0410 e. The van der Waals surface area contributed by atoms with Gasteiger partial charge in [-0.1, -0.05) is 57.9 Å². The molecule has 0 aliphatic carbocycles. The maximum atomic E-state index is 5.96. The van der Waals surface area contributed by atoms with Crippen molar-refractivity contribution < 1.29 is 0 Å². The Balaban J connectivity index is 1.92. The van der Waals surface area contributed by atoms with Crippen LogP contribution in [0.4, 0.5) is 0 Å². The number of nitrogens with one attached hydrogen (secondary N) is 1. The summed E-state index contributed by atoms with van der Waals surface area (Å²) in [4.78, 5) is 0. The Morgan fingerprint density at radius 1 is 1.00 bits per heavy atom. The third kappa shape index (κ3) is 3.84. The molecule has 0 aliphatic rings. The third-order valence-corrected chi connectivity index (χ3v) is 3.50. The zero-order valence-corrected chi connectivity index (χ0v) is 11.6. The van der Waals surface area contributed by atoms with Crippen molar-refractivity contribution in [3.8, 4) is 0 Å². The van der Waals surface area contributed by atoms with Gasteiger partial charge in [0.1, 0.15) is 0 Å². The molecule has 0 saturated heterocycles. The van der Waals surface area contributed by atoms with Crippen molar-refractivity contribution in [1.29, 1.82) is 0 Å². The van der Waals surface area contributed by atoms with Gasteiger partial charge in [-0.15, -0.1) is 0 Å². The molecule has 0 aliphatic heterocycles. The highest BCUT2D eigenvalue weighted by molar-refractivity contribution is 9.10. The van der Waals surface area contributed by atoms with E-state index in [1.807, 2.05) is 36.4 Å². The van der Waals surface area contributed by atoms with Gasteiger partial charge in [-0.2, -0.15) is 0 Å². The second kappa shape index (κ2) is 6.20. The van der Waals surface area contributed by atoms with Crippen molar-refractivity contribution in [3.05, 3.63) is 69.2 Å². The monoisotopic (exact) mass is 309 g/mol. The van der Waals surface area contributed by atoms with E-state index in [1.54, 1.807) is 0 Å². The molecule has 0 atom stereocenters. The molecular formula is C14H13BrClN. The molecular weight excluding hydrogens is 298 g/mol. The molecule has 2 aromatic carbocycles. The molecule has 17 heavy (non-hydrogen) atoms. The highest BCUT2D eigenvalue weighted by Crippen LogP contribution is 2.20. The summed E-state index contributed by atoms with van der Waals surface area (Å²) < 4.78 is 1.09. The third-order valence-electron chi connectivity index (χ3n) is 2.50. The van der Waals surface area contributed by atoms with E-state index >= 15 is 0 Å². The van der Waals surface area contributed by atoms with Gasteiger partial charge >= 0.3 is 0 Å². The molecule has 2 aromatic rings. The fraction of sp³-hybridized carbons (Fsp3) is 0.143. The number of hydrogen-bond acceptors (Lipinski definition) is 1. The van der Waals surface area contributed by atoms with Crippen LogP contribution in [0.5, 0.6) is 0 Å². The van der Waals surface area contributed by atoms with Crippen molar-refractivity contribution in [2.75, 3.05) is 0 Å². The summed E-state index contributed by atoms with van der Waals surface area (Å²) in [5.41, 5.74) is 2.46. The second-order valence-corrected chi connectivity index (χ2v) is 5.12. The van der Waals surface area contributed by atoms with Crippen molar-refractivity contribution in [2.45, 2.75) is 13.1 Å². The van der Waals surface area contributed by atoms with Gasteiger partial charge < -0.3 is 5.32 Å². The Kier molecular flexibility index (Phi) is 4.60. The molecule has 88 valence electrons. The standard InChI is InChI=1S/C14H13BrClN/c15-14-7-6-13(16)8-12(14)10-17-9-11-4-2-1-3-5-11/h1-8,17H,9-10H2. The van der Waals surface area contributed by atoms with Crippen LogP contribution in [0.2, 0.25) is 5.02 Å². The molecule has 2 rings (SSSR count). The van der Waals surface area contributed by atoms with Crippen LogP contribution in [0.1, 0.15) is 11.1 Å². The molecule has 3 heteroatoms. The van der Waals surface area contributed by atoms with Crippen molar-refractivity contribution in [1.82, 2.24) is 5.32 Å². The highest BCUT2D eigenvalue weighted by Gasteiger charge is 2.00. The van der Waals surface area contributed by atoms with E-state index in [4.69, 9.17) is 11.6 Å². The van der Waals surface area contributed by atoms with Crippen LogP contribution in [0, 0.1) is 0 Å². The lowest BCUT2D eigenvalue weighted by molar-refractivity contribution is 0.691. The summed E-state index contributed by atoms with van der Waals surface area (Å²) in [5, 5.41) is 4.17. The zero-order chi connectivity index (χ0) is 12.1. The van der Waals surface area contributed by atoms with Gasteiger partial charge in [-0.25, -0.2) is 0 Å². The molecule has 0 radical (unpaired) electrons. The van der Waals surface area contributed by atoms with Gasteiger partial charge in [0.2, 0.25) is 0 Å². The average Bonchev–Trinajstić information content (AvgIpc) is 2.35. The molecule has 0 aromatic heterocycles. The van der Waals surface area contributed by atoms with E-state index in [2.05, 4.69) is 33.4 Å². The van der Waals surface area contributed by atoms with Crippen LogP contribution in [-0.2, 0) is 13.1 Å². The predicted octanol–water partition coefficient (Wildman–Crippen LogP) is 4.39. The number of halogens is 2. The van der Waals surface area contributed by atoms with E-state index in [1.165, 1.54) is 11.1 Å². The maximum absolute atomic E-state index is 5.96. The first kappa shape index (κ1) is 12.6. The van der Waals surface area contributed by atoms with Crippen LogP contribution in [0.25, 0.3) is 0 Å². The zero-order valence-electron chi connectivity index (χ0n) is 9.29. The van der Waals surface area contributed by atoms with Gasteiger partial charge in [0.05, 0.1) is 0 Å². The summed E-state index contributed by atoms with van der Waals surface area (Å²) in [6, 6.07) is 16.2. The SMILES string of the molecule is Clc1ccc(Br)c(CNCc2ccccc2)c1. The largest absolute Gasteiger partial charge is 0.309 e.